The largest absolute Gasteiger partial charge is 0.480 e. The van der Waals surface area contributed by atoms with Crippen molar-refractivity contribution in [1.82, 2.24) is 5.32 Å². The van der Waals surface area contributed by atoms with Crippen LogP contribution in [0.4, 0.5) is 0 Å². The molecule has 1 aliphatic rings. The van der Waals surface area contributed by atoms with Crippen molar-refractivity contribution < 1.29 is 14.7 Å². The predicted molar refractivity (Wildman–Crippen MR) is 109 cm³/mol. The van der Waals surface area contributed by atoms with E-state index in [1.165, 1.54) is 38.0 Å². The molecule has 0 aliphatic heterocycles. The fourth-order valence-electron chi connectivity index (χ4n) is 2.39. The van der Waals surface area contributed by atoms with Crippen LogP contribution in [0.2, 0.25) is 8.87 Å². The molecular weight excluding hydrogens is 433 g/mol. The molecule has 0 heterocycles. The van der Waals surface area contributed by atoms with E-state index in [-0.39, 0.29) is 33.5 Å². The summed E-state index contributed by atoms with van der Waals surface area (Å²) in [5.41, 5.74) is 2.26. The van der Waals surface area contributed by atoms with Gasteiger partial charge in [-0.25, -0.2) is 0 Å². The second kappa shape index (κ2) is 13.6. The fourth-order valence-corrected chi connectivity index (χ4v) is 6.55. The van der Waals surface area contributed by atoms with Crippen LogP contribution >= 0.6 is 0 Å². The van der Waals surface area contributed by atoms with Gasteiger partial charge in [-0.2, -0.15) is 0 Å². The zero-order valence-electron chi connectivity index (χ0n) is 15.8. The van der Waals surface area contributed by atoms with Gasteiger partial charge in [-0.1, -0.05) is 30.3 Å². The Morgan fingerprint density at radius 2 is 1.77 bits per heavy atom. The Bertz CT molecular complexity index is 632. The summed E-state index contributed by atoms with van der Waals surface area (Å²) >= 11 is 0.149. The van der Waals surface area contributed by atoms with Crippen molar-refractivity contribution in [3.8, 4) is 0 Å². The number of unbranched alkanes of at least 4 members (excludes halogenated alkanes) is 2. The van der Waals surface area contributed by atoms with Crippen LogP contribution in [-0.4, -0.2) is 44.5 Å². The van der Waals surface area contributed by atoms with Crippen molar-refractivity contribution in [3.05, 3.63) is 47.7 Å². The number of rotatable bonds is 9. The van der Waals surface area contributed by atoms with Gasteiger partial charge < -0.3 is 10.4 Å². The van der Waals surface area contributed by atoms with E-state index in [9.17, 15) is 9.59 Å². The van der Waals surface area contributed by atoms with E-state index in [4.69, 9.17) is 5.11 Å². The topological polar surface area (TPSA) is 66.4 Å². The van der Waals surface area contributed by atoms with Gasteiger partial charge in [0, 0.05) is 11.8 Å². The third kappa shape index (κ3) is 8.70. The SMILES string of the molecule is CCC[CH2][Sn][CH2]CCC.O=C(O)CN/C=C1\C(=O)C=Cc2ccccc21. The Balaban J connectivity index is 0.000000321. The van der Waals surface area contributed by atoms with Crippen LogP contribution < -0.4 is 5.32 Å². The van der Waals surface area contributed by atoms with Crippen molar-refractivity contribution in [3.63, 3.8) is 0 Å². The minimum Gasteiger partial charge on any atom is -0.480 e. The number of hydrogen-bond donors (Lipinski definition) is 2. The maximum atomic E-state index is 11.7. The summed E-state index contributed by atoms with van der Waals surface area (Å²) in [6.45, 7) is 4.38. The molecule has 1 aromatic rings. The third-order valence-electron chi connectivity index (χ3n) is 3.84. The van der Waals surface area contributed by atoms with Crippen molar-refractivity contribution in [2.75, 3.05) is 6.54 Å². The summed E-state index contributed by atoms with van der Waals surface area (Å²) in [7, 11) is 0. The average Bonchev–Trinajstić information content (AvgIpc) is 2.64. The summed E-state index contributed by atoms with van der Waals surface area (Å²) in [5.74, 6) is -1.09. The minimum atomic E-state index is -0.964. The Hall–Kier alpha value is -1.56. The van der Waals surface area contributed by atoms with Gasteiger partial charge in [0.1, 0.15) is 6.54 Å². The molecule has 0 fully saturated rings. The molecule has 0 bridgehead atoms. The Labute approximate surface area is 167 Å². The molecule has 1 aromatic carbocycles. The third-order valence-corrected chi connectivity index (χ3v) is 7.88. The zero-order chi connectivity index (χ0) is 19.2. The number of nitrogens with one attached hydrogen (secondary N) is 1. The summed E-state index contributed by atoms with van der Waals surface area (Å²) in [6, 6.07) is 7.48. The number of fused-ring (bicyclic) bond motifs is 1. The van der Waals surface area contributed by atoms with E-state index in [0.29, 0.717) is 5.57 Å². The normalized spacial score (nSPS) is 13.8. The van der Waals surface area contributed by atoms with E-state index < -0.39 is 5.97 Å². The van der Waals surface area contributed by atoms with Crippen molar-refractivity contribution in [2.24, 2.45) is 0 Å². The molecule has 2 rings (SSSR count). The van der Waals surface area contributed by atoms with E-state index in [0.717, 1.165) is 11.1 Å². The molecule has 0 saturated carbocycles. The van der Waals surface area contributed by atoms with E-state index >= 15 is 0 Å². The van der Waals surface area contributed by atoms with Gasteiger partial charge in [-0.05, 0) is 17.2 Å². The van der Waals surface area contributed by atoms with Crippen LogP contribution in [0.15, 0.2) is 36.5 Å². The van der Waals surface area contributed by atoms with Gasteiger partial charge in [0.05, 0.1) is 0 Å². The predicted octanol–water partition coefficient (Wildman–Crippen LogP) is 4.43. The molecule has 0 amide bonds. The Morgan fingerprint density at radius 1 is 1.12 bits per heavy atom. The first-order valence-corrected chi connectivity index (χ1v) is 13.3. The Kier molecular flexibility index (Phi) is 11.8. The van der Waals surface area contributed by atoms with Gasteiger partial charge in [-0.3, -0.25) is 9.59 Å². The number of aliphatic carboxylic acids is 1. The molecule has 0 aromatic heterocycles. The second-order valence-electron chi connectivity index (χ2n) is 6.07. The first kappa shape index (κ1) is 22.5. The maximum absolute atomic E-state index is 11.7. The van der Waals surface area contributed by atoms with E-state index in [1.54, 1.807) is 14.9 Å². The molecular formula is C21H29NO3Sn. The van der Waals surface area contributed by atoms with Crippen LogP contribution in [0.3, 0.4) is 0 Å². The molecule has 0 saturated heterocycles. The number of hydrogen-bond acceptors (Lipinski definition) is 3. The maximum Gasteiger partial charge on any atom is 0.322 e. The number of carbonyl (C=O) groups excluding carboxylic acids is 1. The summed E-state index contributed by atoms with van der Waals surface area (Å²) in [4.78, 5) is 22.1. The molecule has 140 valence electrons. The van der Waals surface area contributed by atoms with Crippen LogP contribution in [-0.2, 0) is 9.59 Å². The van der Waals surface area contributed by atoms with E-state index in [1.807, 2.05) is 24.3 Å². The molecule has 4 nitrogen and oxygen atoms in total. The summed E-state index contributed by atoms with van der Waals surface area (Å²) < 4.78 is 3.25. The van der Waals surface area contributed by atoms with Gasteiger partial charge >= 0.3 is 75.5 Å². The van der Waals surface area contributed by atoms with Crippen LogP contribution in [0.1, 0.15) is 50.7 Å². The van der Waals surface area contributed by atoms with E-state index in [2.05, 4.69) is 19.2 Å². The standard InChI is InChI=1S/C13H11NO3.2C4H9.Sn/c15-12-6-5-9-3-1-2-4-10(9)11(12)7-14-8-13(16)17;2*1-3-4-2;/h1-7,14H,8H2,(H,16,17);2*1,3-4H2,2H3;/b11-7-;;;. The minimum absolute atomic E-state index is 0.124. The first-order valence-electron chi connectivity index (χ1n) is 9.28. The first-order chi connectivity index (χ1) is 12.6. The molecule has 0 unspecified atom stereocenters. The van der Waals surface area contributed by atoms with Crippen molar-refractivity contribution in [1.29, 1.82) is 0 Å². The molecule has 5 heteroatoms. The Morgan fingerprint density at radius 3 is 2.38 bits per heavy atom. The number of ketones is 1. The number of carbonyl (C=O) groups is 2. The number of benzene rings is 1. The number of carboxylic acids is 1. The quantitative estimate of drug-likeness (QED) is 0.324. The van der Waals surface area contributed by atoms with Gasteiger partial charge in [0.15, 0.2) is 5.78 Å². The number of carboxylic acid groups (broad SMARTS) is 1. The number of allylic oxidation sites excluding steroid dienone is 2. The molecule has 1 aliphatic carbocycles. The zero-order valence-corrected chi connectivity index (χ0v) is 18.6. The molecule has 2 radical (unpaired) electrons. The van der Waals surface area contributed by atoms with Crippen molar-refractivity contribution in [2.45, 2.75) is 48.4 Å². The second-order valence-corrected chi connectivity index (χ2v) is 10.4. The molecule has 0 spiro atoms. The molecule has 2 N–H and O–H groups in total. The van der Waals surface area contributed by atoms with Crippen LogP contribution in [0.5, 0.6) is 0 Å². The summed E-state index contributed by atoms with van der Waals surface area (Å²) in [6.07, 6.45) is 10.5. The summed E-state index contributed by atoms with van der Waals surface area (Å²) in [5, 5.41) is 11.1. The smallest absolute Gasteiger partial charge is 0.322 e. The monoisotopic (exact) mass is 463 g/mol. The van der Waals surface area contributed by atoms with Gasteiger partial charge in [0.2, 0.25) is 0 Å². The van der Waals surface area contributed by atoms with Crippen molar-refractivity contribution >= 4 is 44.5 Å². The van der Waals surface area contributed by atoms with Gasteiger partial charge in [-0.15, -0.1) is 0 Å². The van der Waals surface area contributed by atoms with Crippen LogP contribution in [0.25, 0.3) is 11.6 Å². The van der Waals surface area contributed by atoms with Crippen LogP contribution in [0, 0.1) is 0 Å². The molecule has 0 atom stereocenters. The molecule has 26 heavy (non-hydrogen) atoms. The van der Waals surface area contributed by atoms with Gasteiger partial charge in [0.25, 0.3) is 0 Å². The fraction of sp³-hybridized carbons (Fsp3) is 0.429. The average molecular weight is 462 g/mol.